The Labute approximate surface area is 209 Å². The molecule has 0 saturated carbocycles. The summed E-state index contributed by atoms with van der Waals surface area (Å²) < 4.78 is 19.2. The second-order valence-electron chi connectivity index (χ2n) is 9.21. The molecular weight excluding hydrogens is 442 g/mol. The highest BCUT2D eigenvalue weighted by molar-refractivity contribution is 5.44. The number of para-hydroxylation sites is 1. The van der Waals surface area contributed by atoms with E-state index in [9.17, 15) is 5.11 Å². The van der Waals surface area contributed by atoms with E-state index in [1.807, 2.05) is 66.2 Å². The van der Waals surface area contributed by atoms with Gasteiger partial charge in [-0.15, -0.1) is 0 Å². The fourth-order valence-electron chi connectivity index (χ4n) is 3.89. The quantitative estimate of drug-likeness (QED) is 0.340. The summed E-state index contributed by atoms with van der Waals surface area (Å²) in [4.78, 5) is 2.24. The largest absolute Gasteiger partial charge is 0.497 e. The van der Waals surface area contributed by atoms with Gasteiger partial charge in [0.1, 0.15) is 11.5 Å². The van der Waals surface area contributed by atoms with Crippen molar-refractivity contribution in [2.45, 2.75) is 46.8 Å². The maximum atomic E-state index is 10.6. The van der Waals surface area contributed by atoms with Crippen molar-refractivity contribution in [1.29, 1.82) is 0 Å². The Balaban J connectivity index is 1.87. The molecule has 7 heteroatoms. The summed E-state index contributed by atoms with van der Waals surface area (Å²) in [7, 11) is 1.65. The minimum absolute atomic E-state index is 0.329. The van der Waals surface area contributed by atoms with Gasteiger partial charge in [-0.2, -0.15) is 5.10 Å². The van der Waals surface area contributed by atoms with Gasteiger partial charge in [0, 0.05) is 19.7 Å². The number of aryl methyl sites for hydroxylation is 1. The summed E-state index contributed by atoms with van der Waals surface area (Å²) >= 11 is 0. The molecule has 35 heavy (non-hydrogen) atoms. The van der Waals surface area contributed by atoms with E-state index in [2.05, 4.69) is 25.7 Å². The first-order valence-corrected chi connectivity index (χ1v) is 12.3. The molecule has 0 aliphatic heterocycles. The zero-order chi connectivity index (χ0) is 25.2. The van der Waals surface area contributed by atoms with E-state index in [0.717, 1.165) is 35.7 Å². The van der Waals surface area contributed by atoms with Crippen LogP contribution in [0.25, 0.3) is 5.69 Å². The molecule has 1 heterocycles. The fraction of sp³-hybridized carbons (Fsp3) is 0.464. The molecule has 3 rings (SSSR count). The van der Waals surface area contributed by atoms with Crippen LogP contribution >= 0.6 is 0 Å². The van der Waals surface area contributed by atoms with Crippen molar-refractivity contribution in [1.82, 2.24) is 14.7 Å². The Morgan fingerprint density at radius 3 is 2.31 bits per heavy atom. The van der Waals surface area contributed by atoms with Crippen molar-refractivity contribution in [3.8, 4) is 23.1 Å². The van der Waals surface area contributed by atoms with Crippen LogP contribution in [0.4, 0.5) is 0 Å². The number of methoxy groups -OCH3 is 1. The maximum absolute atomic E-state index is 10.6. The summed E-state index contributed by atoms with van der Waals surface area (Å²) in [6.07, 6.45) is 0.413. The van der Waals surface area contributed by atoms with Gasteiger partial charge in [-0.25, -0.2) is 4.68 Å². The van der Waals surface area contributed by atoms with Crippen LogP contribution in [-0.4, -0.2) is 59.3 Å². The van der Waals surface area contributed by atoms with Crippen molar-refractivity contribution in [2.24, 2.45) is 5.92 Å². The molecule has 0 fully saturated rings. The number of hydrogen-bond acceptors (Lipinski definition) is 6. The predicted molar refractivity (Wildman–Crippen MR) is 139 cm³/mol. The van der Waals surface area contributed by atoms with Crippen molar-refractivity contribution in [3.63, 3.8) is 0 Å². The second kappa shape index (κ2) is 13.3. The predicted octanol–water partition coefficient (Wildman–Crippen LogP) is 5.23. The zero-order valence-electron chi connectivity index (χ0n) is 21.6. The first-order chi connectivity index (χ1) is 16.9. The Morgan fingerprint density at radius 1 is 1.00 bits per heavy atom. The van der Waals surface area contributed by atoms with Crippen molar-refractivity contribution in [3.05, 3.63) is 65.9 Å². The van der Waals surface area contributed by atoms with Gasteiger partial charge in [0.2, 0.25) is 5.88 Å². The summed E-state index contributed by atoms with van der Waals surface area (Å²) in [5, 5.41) is 15.4. The highest BCUT2D eigenvalue weighted by Gasteiger charge is 2.22. The van der Waals surface area contributed by atoms with E-state index in [4.69, 9.17) is 19.3 Å². The van der Waals surface area contributed by atoms with E-state index < -0.39 is 6.10 Å². The van der Waals surface area contributed by atoms with Gasteiger partial charge in [0.05, 0.1) is 36.8 Å². The lowest BCUT2D eigenvalue weighted by atomic mass is 10.2. The second-order valence-corrected chi connectivity index (χ2v) is 9.21. The number of rotatable bonds is 14. The Kier molecular flexibility index (Phi) is 10.1. The van der Waals surface area contributed by atoms with Crippen molar-refractivity contribution >= 4 is 0 Å². The van der Waals surface area contributed by atoms with Crippen LogP contribution in [-0.2, 0) is 11.3 Å². The van der Waals surface area contributed by atoms with Crippen LogP contribution in [0.5, 0.6) is 17.4 Å². The molecule has 1 N–H and O–H groups in total. The lowest BCUT2D eigenvalue weighted by molar-refractivity contribution is 0.00681. The Bertz CT molecular complexity index is 1020. The molecule has 1 atom stereocenters. The molecule has 2 aromatic carbocycles. The van der Waals surface area contributed by atoms with E-state index in [0.29, 0.717) is 43.9 Å². The minimum Gasteiger partial charge on any atom is -0.497 e. The average molecular weight is 482 g/mol. The molecule has 0 unspecified atom stereocenters. The van der Waals surface area contributed by atoms with Gasteiger partial charge in [-0.05, 0) is 62.2 Å². The van der Waals surface area contributed by atoms with Crippen molar-refractivity contribution < 1.29 is 19.3 Å². The molecule has 0 aliphatic rings. The number of hydrogen-bond donors (Lipinski definition) is 1. The topological polar surface area (TPSA) is 69.0 Å². The van der Waals surface area contributed by atoms with Gasteiger partial charge in [-0.3, -0.25) is 4.90 Å². The first-order valence-electron chi connectivity index (χ1n) is 12.3. The van der Waals surface area contributed by atoms with Gasteiger partial charge >= 0.3 is 0 Å². The SMILES string of the molecule is CCCN(Cc1c(C)nn(-c2ccccc2)c1Oc1ccc(OC)cc1)C[C@@H](O)COCC(C)C. The molecule has 3 aromatic rings. The van der Waals surface area contributed by atoms with Gasteiger partial charge in [0.25, 0.3) is 0 Å². The lowest BCUT2D eigenvalue weighted by Gasteiger charge is -2.25. The highest BCUT2D eigenvalue weighted by atomic mass is 16.5. The number of ether oxygens (including phenoxy) is 3. The van der Waals surface area contributed by atoms with E-state index in [1.165, 1.54) is 0 Å². The minimum atomic E-state index is -0.560. The smallest absolute Gasteiger partial charge is 0.227 e. The number of benzene rings is 2. The lowest BCUT2D eigenvalue weighted by Crippen LogP contribution is -2.35. The molecule has 0 aliphatic carbocycles. The molecule has 0 saturated heterocycles. The summed E-state index contributed by atoms with van der Waals surface area (Å²) in [6.45, 7) is 11.3. The van der Waals surface area contributed by atoms with Crippen LogP contribution in [0, 0.1) is 12.8 Å². The van der Waals surface area contributed by atoms with Crippen LogP contribution in [0.1, 0.15) is 38.4 Å². The fourth-order valence-corrected chi connectivity index (χ4v) is 3.89. The standard InChI is InChI=1S/C28H39N3O4/c1-6-16-30(17-24(32)20-34-19-21(2)3)18-27-22(4)29-31(23-10-8-7-9-11-23)28(27)35-26-14-12-25(33-5)13-15-26/h7-15,21,24,32H,6,16-20H2,1-5H3/t24-/m1/s1. The Morgan fingerprint density at radius 2 is 1.69 bits per heavy atom. The molecule has 190 valence electrons. The molecular formula is C28H39N3O4. The van der Waals surface area contributed by atoms with Gasteiger partial charge in [-0.1, -0.05) is 39.0 Å². The van der Waals surface area contributed by atoms with Crippen molar-refractivity contribution in [2.75, 3.05) is 33.4 Å². The van der Waals surface area contributed by atoms with E-state index >= 15 is 0 Å². The molecule has 0 amide bonds. The summed E-state index contributed by atoms with van der Waals surface area (Å²) in [5.41, 5.74) is 2.81. The molecule has 0 bridgehead atoms. The summed E-state index contributed by atoms with van der Waals surface area (Å²) in [6, 6.07) is 17.5. The van der Waals surface area contributed by atoms with E-state index in [1.54, 1.807) is 7.11 Å². The number of aromatic nitrogens is 2. The molecule has 0 radical (unpaired) electrons. The normalized spacial score (nSPS) is 12.3. The van der Waals surface area contributed by atoms with Crippen LogP contribution < -0.4 is 9.47 Å². The third-order valence-electron chi connectivity index (χ3n) is 5.56. The molecule has 0 spiro atoms. The molecule has 7 nitrogen and oxygen atoms in total. The van der Waals surface area contributed by atoms with E-state index in [-0.39, 0.29) is 0 Å². The van der Waals surface area contributed by atoms with Crippen LogP contribution in [0.15, 0.2) is 54.6 Å². The zero-order valence-corrected chi connectivity index (χ0v) is 21.6. The van der Waals surface area contributed by atoms with Crippen LogP contribution in [0.3, 0.4) is 0 Å². The number of nitrogens with zero attached hydrogens (tertiary/aromatic N) is 3. The van der Waals surface area contributed by atoms with Gasteiger partial charge < -0.3 is 19.3 Å². The Hall–Kier alpha value is -2.87. The number of aliphatic hydroxyl groups is 1. The third kappa shape index (κ3) is 7.82. The monoisotopic (exact) mass is 481 g/mol. The first kappa shape index (κ1) is 26.7. The van der Waals surface area contributed by atoms with Crippen LogP contribution in [0.2, 0.25) is 0 Å². The summed E-state index contributed by atoms with van der Waals surface area (Å²) in [5.74, 6) is 2.59. The number of aliphatic hydroxyl groups excluding tert-OH is 1. The molecule has 1 aromatic heterocycles. The maximum Gasteiger partial charge on any atom is 0.227 e. The van der Waals surface area contributed by atoms with Gasteiger partial charge in [0.15, 0.2) is 0 Å². The average Bonchev–Trinajstić information content (AvgIpc) is 3.15. The highest BCUT2D eigenvalue weighted by Crippen LogP contribution is 2.32. The third-order valence-corrected chi connectivity index (χ3v) is 5.56.